The molecular weight excluding hydrogens is 391 g/mol. The molecule has 0 spiro atoms. The Morgan fingerprint density at radius 2 is 1.52 bits per heavy atom. The maximum Gasteiger partial charge on any atom is 0.469 e. The van der Waals surface area contributed by atoms with Gasteiger partial charge < -0.3 is 20.8 Å². The van der Waals surface area contributed by atoms with Crippen LogP contribution in [0, 0.1) is 0 Å². The maximum absolute atomic E-state index is 12.0. The summed E-state index contributed by atoms with van der Waals surface area (Å²) >= 11 is 0. The molecule has 0 radical (unpaired) electrons. The Morgan fingerprint density at radius 1 is 1.00 bits per heavy atom. The fraction of sp³-hybridized carbons (Fsp3) is 0.667. The Kier molecular flexibility index (Phi) is 11.7. The van der Waals surface area contributed by atoms with Gasteiger partial charge in [0.1, 0.15) is 6.10 Å². The number of hydrogen-bond donors (Lipinski definition) is 3. The quantitative estimate of drug-likeness (QED) is 0.316. The van der Waals surface area contributed by atoms with Gasteiger partial charge in [-0.15, -0.1) is 0 Å². The van der Waals surface area contributed by atoms with Crippen molar-refractivity contribution in [3.05, 3.63) is 35.4 Å². The summed E-state index contributed by atoms with van der Waals surface area (Å²) in [6.45, 7) is 2.77. The largest absolute Gasteiger partial charge is 0.469 e. The minimum absolute atomic E-state index is 0. The molecule has 0 unspecified atom stereocenters. The lowest BCUT2D eigenvalue weighted by Gasteiger charge is -2.38. The Balaban J connectivity index is 0.00000420. The van der Waals surface area contributed by atoms with Crippen molar-refractivity contribution in [2.45, 2.75) is 77.2 Å². The highest BCUT2D eigenvalue weighted by molar-refractivity contribution is 7.46. The Hall–Kier alpha value is -1.24. The number of nitrogens with zero attached hydrogens (tertiary/aromatic N) is 1. The zero-order valence-corrected chi connectivity index (χ0v) is 18.5. The van der Waals surface area contributed by atoms with E-state index in [2.05, 4.69) is 35.7 Å². The molecule has 0 saturated carbocycles. The van der Waals surface area contributed by atoms with Crippen LogP contribution in [0.25, 0.3) is 0 Å². The van der Waals surface area contributed by atoms with Gasteiger partial charge in [0.15, 0.2) is 0 Å². The van der Waals surface area contributed by atoms with Crippen LogP contribution >= 0.6 is 7.82 Å². The normalized spacial score (nSPS) is 14.4. The van der Waals surface area contributed by atoms with Crippen molar-refractivity contribution in [3.8, 4) is 0 Å². The molecule has 0 aliphatic carbocycles. The first-order valence-corrected chi connectivity index (χ1v) is 12.0. The molecule has 1 aromatic rings. The van der Waals surface area contributed by atoms with E-state index in [4.69, 9.17) is 9.79 Å². The molecule has 1 aromatic carbocycles. The Morgan fingerprint density at radius 3 is 2.03 bits per heavy atom. The minimum atomic E-state index is -4.46. The van der Waals surface area contributed by atoms with E-state index in [0.29, 0.717) is 6.42 Å². The van der Waals surface area contributed by atoms with E-state index < -0.39 is 13.9 Å². The van der Waals surface area contributed by atoms with Crippen molar-refractivity contribution >= 4 is 13.7 Å². The maximum atomic E-state index is 12.0. The van der Waals surface area contributed by atoms with Gasteiger partial charge in [0, 0.05) is 19.5 Å². The summed E-state index contributed by atoms with van der Waals surface area (Å²) in [6.07, 6.45) is 10.3. The van der Waals surface area contributed by atoms with Crippen LogP contribution in [-0.4, -0.2) is 39.8 Å². The first kappa shape index (κ1) is 25.8. The number of carbonyl (C=O) groups is 1. The Bertz CT molecular complexity index is 641. The predicted octanol–water partition coefficient (Wildman–Crippen LogP) is 4.39. The zero-order chi connectivity index (χ0) is 20.4. The van der Waals surface area contributed by atoms with E-state index in [1.54, 1.807) is 4.90 Å². The molecule has 0 aromatic heterocycles. The monoisotopic (exact) mass is 428 g/mol. The topological polar surface area (TPSA) is 122 Å². The second-order valence-electron chi connectivity index (χ2n) is 7.70. The average Bonchev–Trinajstić information content (AvgIpc) is 2.61. The van der Waals surface area contributed by atoms with Crippen LogP contribution in [0.15, 0.2) is 24.3 Å². The standard InChI is InChI=1S/C21H34NO5P.H3N/c1-2-3-4-5-6-9-18-12-14-19(15-13-18)10-7-8-11-21(23)22-16-20(17-22)27-28(24,25)26;/h12-15,20H,2-11,16-17H2,1H3,(H2,24,25,26);1H3. The van der Waals surface area contributed by atoms with Gasteiger partial charge in [-0.25, -0.2) is 4.57 Å². The van der Waals surface area contributed by atoms with Crippen molar-refractivity contribution in [2.75, 3.05) is 13.1 Å². The van der Waals surface area contributed by atoms with Gasteiger partial charge in [-0.3, -0.25) is 9.32 Å². The number of rotatable bonds is 13. The highest BCUT2D eigenvalue weighted by atomic mass is 31.2. The number of amides is 1. The summed E-state index contributed by atoms with van der Waals surface area (Å²) in [5.74, 6) is 0.0315. The van der Waals surface area contributed by atoms with Gasteiger partial charge in [-0.2, -0.15) is 0 Å². The molecule has 1 saturated heterocycles. The van der Waals surface area contributed by atoms with Gasteiger partial charge in [0.25, 0.3) is 0 Å². The van der Waals surface area contributed by atoms with E-state index in [9.17, 15) is 9.36 Å². The number of aryl methyl sites for hydroxylation is 2. The molecule has 1 heterocycles. The highest BCUT2D eigenvalue weighted by Crippen LogP contribution is 2.39. The lowest BCUT2D eigenvalue weighted by Crippen LogP contribution is -2.54. The van der Waals surface area contributed by atoms with Crippen molar-refractivity contribution in [2.24, 2.45) is 0 Å². The number of unbranched alkanes of at least 4 members (excludes halogenated alkanes) is 5. The average molecular weight is 429 g/mol. The van der Waals surface area contributed by atoms with E-state index >= 15 is 0 Å². The van der Waals surface area contributed by atoms with Crippen molar-refractivity contribution in [3.63, 3.8) is 0 Å². The summed E-state index contributed by atoms with van der Waals surface area (Å²) in [5.41, 5.74) is 2.71. The Labute approximate surface area is 174 Å². The van der Waals surface area contributed by atoms with Gasteiger partial charge >= 0.3 is 7.82 Å². The summed E-state index contributed by atoms with van der Waals surface area (Å²) < 4.78 is 15.3. The minimum Gasteiger partial charge on any atom is -0.344 e. The predicted molar refractivity (Wildman–Crippen MR) is 115 cm³/mol. The van der Waals surface area contributed by atoms with Crippen LogP contribution in [0.5, 0.6) is 0 Å². The second-order valence-corrected chi connectivity index (χ2v) is 8.90. The molecule has 1 fully saturated rings. The molecule has 0 bridgehead atoms. The van der Waals surface area contributed by atoms with E-state index in [0.717, 1.165) is 25.7 Å². The van der Waals surface area contributed by atoms with Crippen LogP contribution < -0.4 is 6.15 Å². The van der Waals surface area contributed by atoms with Crippen LogP contribution in [0.2, 0.25) is 0 Å². The molecule has 166 valence electrons. The molecule has 0 atom stereocenters. The summed E-state index contributed by atoms with van der Waals surface area (Å²) in [4.78, 5) is 31.1. The smallest absolute Gasteiger partial charge is 0.344 e. The fourth-order valence-electron chi connectivity index (χ4n) is 3.47. The fourth-order valence-corrected chi connectivity index (χ4v) is 3.99. The molecule has 2 rings (SSSR count). The number of carbonyl (C=O) groups excluding carboxylic acids is 1. The van der Waals surface area contributed by atoms with Gasteiger partial charge in [0.2, 0.25) is 5.91 Å². The zero-order valence-electron chi connectivity index (χ0n) is 17.6. The van der Waals surface area contributed by atoms with E-state index in [1.807, 2.05) is 0 Å². The number of phosphoric ester groups is 1. The number of benzene rings is 1. The van der Waals surface area contributed by atoms with Gasteiger partial charge in [-0.1, -0.05) is 56.9 Å². The van der Waals surface area contributed by atoms with Crippen LogP contribution in [0.4, 0.5) is 0 Å². The summed E-state index contributed by atoms with van der Waals surface area (Å²) in [5, 5.41) is 0. The lowest BCUT2D eigenvalue weighted by atomic mass is 10.0. The van der Waals surface area contributed by atoms with E-state index in [1.165, 1.54) is 43.2 Å². The molecule has 7 nitrogen and oxygen atoms in total. The summed E-state index contributed by atoms with van der Waals surface area (Å²) in [6, 6.07) is 8.84. The third-order valence-corrected chi connectivity index (χ3v) is 5.76. The molecule has 5 N–H and O–H groups in total. The van der Waals surface area contributed by atoms with Crippen LogP contribution in [0.3, 0.4) is 0 Å². The third-order valence-electron chi connectivity index (χ3n) is 5.19. The van der Waals surface area contributed by atoms with Crippen molar-refractivity contribution in [1.29, 1.82) is 0 Å². The highest BCUT2D eigenvalue weighted by Gasteiger charge is 2.35. The molecule has 29 heavy (non-hydrogen) atoms. The first-order valence-electron chi connectivity index (χ1n) is 10.5. The van der Waals surface area contributed by atoms with Crippen LogP contribution in [0.1, 0.15) is 69.4 Å². The number of likely N-dealkylation sites (tertiary alicyclic amines) is 1. The molecule has 1 aliphatic heterocycles. The lowest BCUT2D eigenvalue weighted by molar-refractivity contribution is -0.140. The SMILES string of the molecule is CCCCCCCc1ccc(CCCCC(=O)N2CC(OP(=O)(O)O)C2)cc1.N. The van der Waals surface area contributed by atoms with Crippen molar-refractivity contribution < 1.29 is 23.7 Å². The third kappa shape index (κ3) is 10.4. The number of hydrogen-bond acceptors (Lipinski definition) is 4. The molecule has 8 heteroatoms. The molecule has 1 amide bonds. The van der Waals surface area contributed by atoms with Crippen molar-refractivity contribution in [1.82, 2.24) is 11.1 Å². The second kappa shape index (κ2) is 13.1. The van der Waals surface area contributed by atoms with E-state index in [-0.39, 0.29) is 25.1 Å². The number of phosphoric acid groups is 1. The first-order chi connectivity index (χ1) is 13.4. The van der Waals surface area contributed by atoms with Crippen LogP contribution in [-0.2, 0) is 26.7 Å². The van der Waals surface area contributed by atoms with Gasteiger partial charge in [-0.05, 0) is 43.2 Å². The van der Waals surface area contributed by atoms with Gasteiger partial charge in [0.05, 0.1) is 0 Å². The molecular formula is C21H37N2O5P. The summed E-state index contributed by atoms with van der Waals surface area (Å²) in [7, 11) is -4.46. The molecule has 1 aliphatic rings.